The van der Waals surface area contributed by atoms with Crippen LogP contribution in [0.1, 0.15) is 28.7 Å². The van der Waals surface area contributed by atoms with E-state index in [0.29, 0.717) is 28.8 Å². The number of aryl methyl sites for hydroxylation is 2. The predicted octanol–water partition coefficient (Wildman–Crippen LogP) is 2.19. The van der Waals surface area contributed by atoms with Crippen LogP contribution in [0.2, 0.25) is 0 Å². The maximum atomic E-state index is 12.8. The van der Waals surface area contributed by atoms with Crippen molar-refractivity contribution in [1.82, 2.24) is 19.7 Å². The first-order valence-electron chi connectivity index (χ1n) is 8.96. The fraction of sp³-hybridized carbons (Fsp3) is 0.150. The lowest BCUT2D eigenvalue weighted by Crippen LogP contribution is -2.23. The van der Waals surface area contributed by atoms with Crippen LogP contribution in [0.15, 0.2) is 56.5 Å². The summed E-state index contributed by atoms with van der Waals surface area (Å²) in [4.78, 5) is 43.8. The summed E-state index contributed by atoms with van der Waals surface area (Å²) in [5.41, 5.74) is 0.363. The second-order valence-corrected chi connectivity index (χ2v) is 6.44. The summed E-state index contributed by atoms with van der Waals surface area (Å²) in [6.45, 7) is 3.61. The first kappa shape index (κ1) is 18.4. The highest BCUT2D eigenvalue weighted by atomic mass is 16.4. The molecule has 9 nitrogen and oxygen atoms in total. The fourth-order valence-corrected chi connectivity index (χ4v) is 2.93. The zero-order chi connectivity index (χ0) is 20.5. The van der Waals surface area contributed by atoms with Crippen LogP contribution in [0.4, 0.5) is 5.82 Å². The number of nitrogens with zero attached hydrogens (tertiary/aromatic N) is 3. The summed E-state index contributed by atoms with van der Waals surface area (Å²) in [5.74, 6) is -0.223. The van der Waals surface area contributed by atoms with Crippen LogP contribution in [-0.2, 0) is 6.42 Å². The van der Waals surface area contributed by atoms with Gasteiger partial charge in [0.2, 0.25) is 5.95 Å². The number of nitrogens with one attached hydrogen (secondary N) is 2. The van der Waals surface area contributed by atoms with E-state index in [1.165, 1.54) is 16.8 Å². The number of hydrogen-bond acceptors (Lipinski definition) is 6. The number of amides is 1. The Bertz CT molecular complexity index is 1350. The number of benzene rings is 1. The molecule has 0 aliphatic rings. The minimum absolute atomic E-state index is 0.141. The van der Waals surface area contributed by atoms with Crippen molar-refractivity contribution in [3.05, 3.63) is 80.2 Å². The van der Waals surface area contributed by atoms with Crippen LogP contribution < -0.4 is 16.5 Å². The van der Waals surface area contributed by atoms with Gasteiger partial charge in [-0.2, -0.15) is 9.78 Å². The number of hydrogen-bond donors (Lipinski definition) is 2. The molecule has 2 N–H and O–H groups in total. The molecule has 146 valence electrons. The third kappa shape index (κ3) is 3.57. The van der Waals surface area contributed by atoms with E-state index in [9.17, 15) is 14.4 Å². The van der Waals surface area contributed by atoms with Gasteiger partial charge in [0, 0.05) is 23.2 Å². The summed E-state index contributed by atoms with van der Waals surface area (Å²) in [6.07, 6.45) is 0.566. The van der Waals surface area contributed by atoms with Gasteiger partial charge in [0.05, 0.1) is 5.69 Å². The van der Waals surface area contributed by atoms with Crippen molar-refractivity contribution < 1.29 is 9.21 Å². The van der Waals surface area contributed by atoms with E-state index >= 15 is 0 Å². The number of fused-ring (bicyclic) bond motifs is 1. The molecule has 0 atom stereocenters. The topological polar surface area (TPSA) is 123 Å². The minimum atomic E-state index is -0.747. The largest absolute Gasteiger partial charge is 0.422 e. The summed E-state index contributed by atoms with van der Waals surface area (Å²) >= 11 is 0. The van der Waals surface area contributed by atoms with E-state index in [2.05, 4.69) is 20.4 Å². The van der Waals surface area contributed by atoms with Gasteiger partial charge in [-0.15, -0.1) is 0 Å². The average Bonchev–Trinajstić information content (AvgIpc) is 3.06. The molecule has 0 saturated carbocycles. The average molecular weight is 391 g/mol. The lowest BCUT2D eigenvalue weighted by atomic mass is 10.2. The Hall–Kier alpha value is -4.01. The number of para-hydroxylation sites is 1. The van der Waals surface area contributed by atoms with Crippen LogP contribution in [0, 0.1) is 6.92 Å². The molecular weight excluding hydrogens is 374 g/mol. The van der Waals surface area contributed by atoms with E-state index < -0.39 is 11.5 Å². The minimum Gasteiger partial charge on any atom is -0.422 e. The lowest BCUT2D eigenvalue weighted by Gasteiger charge is -2.08. The molecule has 0 fully saturated rings. The van der Waals surface area contributed by atoms with Gasteiger partial charge in [-0.05, 0) is 25.5 Å². The molecule has 0 unspecified atom stereocenters. The van der Waals surface area contributed by atoms with E-state index in [1.54, 1.807) is 37.3 Å². The predicted molar refractivity (Wildman–Crippen MR) is 107 cm³/mol. The van der Waals surface area contributed by atoms with Gasteiger partial charge >= 0.3 is 5.63 Å². The van der Waals surface area contributed by atoms with E-state index in [0.717, 1.165) is 0 Å². The number of rotatable bonds is 4. The zero-order valence-corrected chi connectivity index (χ0v) is 15.7. The Morgan fingerprint density at radius 3 is 2.79 bits per heavy atom. The molecule has 0 aliphatic carbocycles. The van der Waals surface area contributed by atoms with Gasteiger partial charge < -0.3 is 9.73 Å². The van der Waals surface area contributed by atoms with Gasteiger partial charge in [0.25, 0.3) is 11.5 Å². The van der Waals surface area contributed by atoms with E-state index in [-0.39, 0.29) is 22.9 Å². The summed E-state index contributed by atoms with van der Waals surface area (Å²) < 4.78 is 6.53. The normalized spacial score (nSPS) is 11.0. The van der Waals surface area contributed by atoms with Crippen molar-refractivity contribution in [1.29, 1.82) is 0 Å². The number of aromatic amines is 1. The fourth-order valence-electron chi connectivity index (χ4n) is 2.93. The van der Waals surface area contributed by atoms with Crippen molar-refractivity contribution in [2.45, 2.75) is 20.3 Å². The molecule has 1 amide bonds. The highest BCUT2D eigenvalue weighted by Crippen LogP contribution is 2.17. The summed E-state index contributed by atoms with van der Waals surface area (Å²) in [7, 11) is 0. The van der Waals surface area contributed by atoms with Crippen LogP contribution >= 0.6 is 0 Å². The molecule has 1 aromatic carbocycles. The molecule has 0 aliphatic heterocycles. The zero-order valence-electron chi connectivity index (χ0n) is 15.7. The molecule has 0 saturated heterocycles. The van der Waals surface area contributed by atoms with Crippen molar-refractivity contribution in [3.8, 4) is 5.95 Å². The highest BCUT2D eigenvalue weighted by Gasteiger charge is 2.18. The number of anilines is 1. The number of carbonyl (C=O) groups excluding carboxylic acids is 1. The van der Waals surface area contributed by atoms with Crippen LogP contribution in [0.5, 0.6) is 0 Å². The molecular formula is C20H17N5O4. The number of aromatic nitrogens is 4. The Morgan fingerprint density at radius 2 is 2.00 bits per heavy atom. The Morgan fingerprint density at radius 1 is 1.21 bits per heavy atom. The first-order chi connectivity index (χ1) is 13.9. The molecule has 0 spiro atoms. The van der Waals surface area contributed by atoms with Crippen LogP contribution in [0.3, 0.4) is 0 Å². The molecule has 0 bridgehead atoms. The lowest BCUT2D eigenvalue weighted by molar-refractivity contribution is 0.102. The van der Waals surface area contributed by atoms with E-state index in [4.69, 9.17) is 4.42 Å². The number of carbonyl (C=O) groups is 1. The van der Waals surface area contributed by atoms with Crippen molar-refractivity contribution in [2.24, 2.45) is 0 Å². The first-order valence-corrected chi connectivity index (χ1v) is 8.96. The third-order valence-corrected chi connectivity index (χ3v) is 4.30. The van der Waals surface area contributed by atoms with Gasteiger partial charge in [-0.1, -0.05) is 25.1 Å². The molecule has 3 aromatic heterocycles. The quantitative estimate of drug-likeness (QED) is 0.514. The second-order valence-electron chi connectivity index (χ2n) is 6.44. The molecule has 4 aromatic rings. The molecule has 9 heteroatoms. The molecule has 4 rings (SSSR count). The van der Waals surface area contributed by atoms with Gasteiger partial charge in [-0.3, -0.25) is 14.6 Å². The Balaban J connectivity index is 1.74. The Kier molecular flexibility index (Phi) is 4.55. The monoisotopic (exact) mass is 391 g/mol. The standard InChI is InChI=1S/C20H17N5O4/c1-3-13-10-17(26)23-20(21-13)25-16(8-11(2)24-25)22-18(27)14-9-12-6-4-5-7-15(12)29-19(14)28/h4-10H,3H2,1-2H3,(H,22,27)(H,21,23,26). The van der Waals surface area contributed by atoms with Crippen LogP contribution in [0.25, 0.3) is 16.9 Å². The van der Waals surface area contributed by atoms with Crippen molar-refractivity contribution in [3.63, 3.8) is 0 Å². The Labute approximate surface area is 164 Å². The van der Waals surface area contributed by atoms with E-state index in [1.807, 2.05) is 6.92 Å². The maximum Gasteiger partial charge on any atom is 0.349 e. The van der Waals surface area contributed by atoms with Gasteiger partial charge in [-0.25, -0.2) is 9.78 Å². The molecule has 3 heterocycles. The summed E-state index contributed by atoms with van der Waals surface area (Å²) in [5, 5.41) is 7.56. The summed E-state index contributed by atoms with van der Waals surface area (Å²) in [6, 6.07) is 11.4. The molecule has 0 radical (unpaired) electrons. The van der Waals surface area contributed by atoms with Crippen molar-refractivity contribution >= 4 is 22.7 Å². The second kappa shape index (κ2) is 7.19. The van der Waals surface area contributed by atoms with Gasteiger partial charge in [0.1, 0.15) is 17.0 Å². The maximum absolute atomic E-state index is 12.8. The SMILES string of the molecule is CCc1cc(=O)[nH]c(-n2nc(C)cc2NC(=O)c2cc3ccccc3oc2=O)n1. The number of H-pyrrole nitrogens is 1. The molecule has 29 heavy (non-hydrogen) atoms. The highest BCUT2D eigenvalue weighted by molar-refractivity contribution is 6.05. The smallest absolute Gasteiger partial charge is 0.349 e. The third-order valence-electron chi connectivity index (χ3n) is 4.30. The van der Waals surface area contributed by atoms with Gasteiger partial charge in [0.15, 0.2) is 0 Å². The van der Waals surface area contributed by atoms with Crippen LogP contribution in [-0.4, -0.2) is 25.7 Å². The van der Waals surface area contributed by atoms with Crippen molar-refractivity contribution in [2.75, 3.05) is 5.32 Å².